The van der Waals surface area contributed by atoms with Gasteiger partial charge in [-0.1, -0.05) is 0 Å². The molecule has 1 nitrogen and oxygen atoms in total. The fourth-order valence-corrected chi connectivity index (χ4v) is 3.15. The zero-order valence-corrected chi connectivity index (χ0v) is 6.30. The summed E-state index contributed by atoms with van der Waals surface area (Å²) >= 11 is 3.86. The second kappa shape index (κ2) is 3.64. The van der Waals surface area contributed by atoms with Crippen LogP contribution in [-0.4, -0.2) is 28.3 Å². The summed E-state index contributed by atoms with van der Waals surface area (Å²) in [5.41, 5.74) is 0. The van der Waals surface area contributed by atoms with Crippen LogP contribution in [0, 0.1) is 5.92 Å². The van der Waals surface area contributed by atoms with E-state index >= 15 is 0 Å². The third kappa shape index (κ3) is 1.88. The minimum absolute atomic E-state index is 0.375. The van der Waals surface area contributed by atoms with Crippen LogP contribution >= 0.6 is 23.5 Å². The minimum atomic E-state index is 0.375. The van der Waals surface area contributed by atoms with Crippen LogP contribution in [0.5, 0.6) is 0 Å². The average molecular weight is 150 g/mol. The Labute approximate surface area is 58.2 Å². The van der Waals surface area contributed by atoms with Crippen molar-refractivity contribution in [2.45, 2.75) is 0 Å². The molecule has 0 radical (unpaired) electrons. The van der Waals surface area contributed by atoms with Crippen molar-refractivity contribution in [2.75, 3.05) is 23.2 Å². The summed E-state index contributed by atoms with van der Waals surface area (Å²) in [5.74, 6) is 2.88. The van der Waals surface area contributed by atoms with Crippen molar-refractivity contribution in [1.82, 2.24) is 0 Å². The Morgan fingerprint density at radius 2 is 2.00 bits per heavy atom. The number of rotatable bonds is 1. The SMILES string of the molecule is OCC1CSCSC1. The largest absolute Gasteiger partial charge is 0.396 e. The van der Waals surface area contributed by atoms with Gasteiger partial charge in [0.2, 0.25) is 0 Å². The van der Waals surface area contributed by atoms with Crippen LogP contribution in [-0.2, 0) is 0 Å². The number of aliphatic hydroxyl groups excluding tert-OH is 1. The summed E-state index contributed by atoms with van der Waals surface area (Å²) < 4.78 is 0. The molecule has 0 aromatic rings. The summed E-state index contributed by atoms with van der Waals surface area (Å²) in [6, 6.07) is 0. The van der Waals surface area contributed by atoms with E-state index < -0.39 is 0 Å². The average Bonchev–Trinajstić information content (AvgIpc) is 1.90. The van der Waals surface area contributed by atoms with Gasteiger partial charge in [-0.2, -0.15) is 23.5 Å². The van der Waals surface area contributed by atoms with Crippen molar-refractivity contribution in [2.24, 2.45) is 5.92 Å². The lowest BCUT2D eigenvalue weighted by atomic mass is 10.2. The predicted molar refractivity (Wildman–Crippen MR) is 40.4 cm³/mol. The molecule has 3 heteroatoms. The molecule has 1 N–H and O–H groups in total. The predicted octanol–water partition coefficient (Wildman–Crippen LogP) is 1.03. The highest BCUT2D eigenvalue weighted by Crippen LogP contribution is 2.24. The van der Waals surface area contributed by atoms with Crippen LogP contribution in [0.3, 0.4) is 0 Å². The van der Waals surface area contributed by atoms with Crippen LogP contribution in [0.15, 0.2) is 0 Å². The zero-order valence-electron chi connectivity index (χ0n) is 4.67. The number of hydrogen-bond donors (Lipinski definition) is 1. The molecule has 1 heterocycles. The van der Waals surface area contributed by atoms with Crippen molar-refractivity contribution in [1.29, 1.82) is 0 Å². The molecule has 1 fully saturated rings. The third-order valence-electron chi connectivity index (χ3n) is 1.13. The summed E-state index contributed by atoms with van der Waals surface area (Å²) in [6.07, 6.45) is 0. The maximum Gasteiger partial charge on any atom is 0.0475 e. The van der Waals surface area contributed by atoms with E-state index in [2.05, 4.69) is 0 Å². The number of thioether (sulfide) groups is 2. The number of aliphatic hydroxyl groups is 1. The van der Waals surface area contributed by atoms with E-state index in [0.29, 0.717) is 12.5 Å². The van der Waals surface area contributed by atoms with Gasteiger partial charge in [0.05, 0.1) is 0 Å². The molecule has 0 aromatic heterocycles. The third-order valence-corrected chi connectivity index (χ3v) is 3.88. The molecule has 0 spiro atoms. The van der Waals surface area contributed by atoms with Gasteiger partial charge in [0.15, 0.2) is 0 Å². The van der Waals surface area contributed by atoms with E-state index in [4.69, 9.17) is 5.11 Å². The van der Waals surface area contributed by atoms with E-state index in [0.717, 1.165) is 11.5 Å². The molecule has 1 aliphatic rings. The molecule has 1 aliphatic heterocycles. The van der Waals surface area contributed by atoms with Crippen LogP contribution in [0.4, 0.5) is 0 Å². The van der Waals surface area contributed by atoms with Gasteiger partial charge >= 0.3 is 0 Å². The lowest BCUT2D eigenvalue weighted by Gasteiger charge is -2.17. The van der Waals surface area contributed by atoms with Gasteiger partial charge in [0, 0.05) is 17.6 Å². The van der Waals surface area contributed by atoms with Crippen LogP contribution in [0.1, 0.15) is 0 Å². The van der Waals surface area contributed by atoms with Gasteiger partial charge in [0.25, 0.3) is 0 Å². The highest BCUT2D eigenvalue weighted by atomic mass is 32.2. The summed E-state index contributed by atoms with van der Waals surface area (Å²) in [4.78, 5) is 0. The lowest BCUT2D eigenvalue weighted by molar-refractivity contribution is 0.252. The molecule has 0 unspecified atom stereocenters. The maximum absolute atomic E-state index is 8.66. The highest BCUT2D eigenvalue weighted by Gasteiger charge is 2.11. The molecule has 8 heavy (non-hydrogen) atoms. The molecule has 0 aromatic carbocycles. The van der Waals surface area contributed by atoms with Gasteiger partial charge in [-0.3, -0.25) is 0 Å². The van der Waals surface area contributed by atoms with Crippen LogP contribution in [0.25, 0.3) is 0 Å². The van der Waals surface area contributed by atoms with E-state index in [1.165, 1.54) is 5.08 Å². The Balaban J connectivity index is 2.13. The van der Waals surface area contributed by atoms with Gasteiger partial charge in [-0.15, -0.1) is 0 Å². The van der Waals surface area contributed by atoms with Gasteiger partial charge < -0.3 is 5.11 Å². The Kier molecular flexibility index (Phi) is 3.08. The van der Waals surface area contributed by atoms with E-state index in [9.17, 15) is 0 Å². The first-order chi connectivity index (χ1) is 3.93. The molecule has 48 valence electrons. The highest BCUT2D eigenvalue weighted by molar-refractivity contribution is 8.16. The quantitative estimate of drug-likeness (QED) is 0.603. The van der Waals surface area contributed by atoms with Crippen molar-refractivity contribution in [3.8, 4) is 0 Å². The van der Waals surface area contributed by atoms with Crippen LogP contribution in [0.2, 0.25) is 0 Å². The van der Waals surface area contributed by atoms with E-state index in [-0.39, 0.29) is 0 Å². The van der Waals surface area contributed by atoms with E-state index in [1.54, 1.807) is 0 Å². The Hall–Kier alpha value is 0.660. The molecule has 0 aliphatic carbocycles. The Morgan fingerprint density at radius 1 is 1.38 bits per heavy atom. The zero-order chi connectivity index (χ0) is 5.82. The molecule has 1 saturated heterocycles. The van der Waals surface area contributed by atoms with Crippen molar-refractivity contribution < 1.29 is 5.11 Å². The molecular weight excluding hydrogens is 140 g/mol. The minimum Gasteiger partial charge on any atom is -0.396 e. The maximum atomic E-state index is 8.66. The van der Waals surface area contributed by atoms with Crippen LogP contribution < -0.4 is 0 Å². The summed E-state index contributed by atoms with van der Waals surface area (Å²) in [5, 5.41) is 9.88. The Morgan fingerprint density at radius 3 is 2.38 bits per heavy atom. The first-order valence-corrected chi connectivity index (χ1v) is 5.01. The van der Waals surface area contributed by atoms with Crippen molar-refractivity contribution in [3.05, 3.63) is 0 Å². The second-order valence-corrected chi connectivity index (χ2v) is 4.33. The second-order valence-electron chi connectivity index (χ2n) is 1.91. The lowest BCUT2D eigenvalue weighted by Crippen LogP contribution is -2.15. The molecule has 1 rings (SSSR count). The molecular formula is C5H10OS2. The van der Waals surface area contributed by atoms with Gasteiger partial charge in [0.1, 0.15) is 0 Å². The topological polar surface area (TPSA) is 20.2 Å². The first kappa shape index (κ1) is 6.78. The summed E-state index contributed by atoms with van der Waals surface area (Å²) in [6.45, 7) is 0.375. The van der Waals surface area contributed by atoms with Crippen molar-refractivity contribution in [3.63, 3.8) is 0 Å². The van der Waals surface area contributed by atoms with Gasteiger partial charge in [-0.25, -0.2) is 0 Å². The summed E-state index contributed by atoms with van der Waals surface area (Å²) in [7, 11) is 0. The number of hydrogen-bond acceptors (Lipinski definition) is 3. The molecule has 0 atom stereocenters. The standard InChI is InChI=1S/C5H10OS2/c6-1-5-2-7-4-8-3-5/h5-6H,1-4H2. The smallest absolute Gasteiger partial charge is 0.0475 e. The monoisotopic (exact) mass is 150 g/mol. The van der Waals surface area contributed by atoms with Gasteiger partial charge in [-0.05, 0) is 11.5 Å². The van der Waals surface area contributed by atoms with E-state index in [1.807, 2.05) is 23.5 Å². The fraction of sp³-hybridized carbons (Fsp3) is 1.00. The molecule has 0 amide bonds. The first-order valence-electron chi connectivity index (χ1n) is 2.70. The molecule has 0 saturated carbocycles. The van der Waals surface area contributed by atoms with Crippen molar-refractivity contribution >= 4 is 23.5 Å². The molecule has 0 bridgehead atoms. The Bertz CT molecular complexity index is 61.4. The normalized spacial score (nSPS) is 23.6. The fourth-order valence-electron chi connectivity index (χ4n) is 0.642.